The number of nitrogens with zero attached hydrogens (tertiary/aromatic N) is 2. The number of rotatable bonds is 2. The van der Waals surface area contributed by atoms with E-state index in [-0.39, 0.29) is 18.5 Å². The molecule has 3 rings (SSSR count). The van der Waals surface area contributed by atoms with Gasteiger partial charge in [0, 0.05) is 25.4 Å². The van der Waals surface area contributed by atoms with Crippen LogP contribution < -0.4 is 5.59 Å². The first-order valence-corrected chi connectivity index (χ1v) is 7.21. The highest BCUT2D eigenvalue weighted by Crippen LogP contribution is 2.36. The van der Waals surface area contributed by atoms with Gasteiger partial charge >= 0.3 is 7.12 Å². The second-order valence-corrected chi connectivity index (χ2v) is 6.51. The van der Waals surface area contributed by atoms with E-state index in [0.717, 1.165) is 12.8 Å². The molecule has 0 aliphatic carbocycles. The lowest BCUT2D eigenvalue weighted by molar-refractivity contribution is 0.00578. The van der Waals surface area contributed by atoms with E-state index in [9.17, 15) is 0 Å². The predicted octanol–water partition coefficient (Wildman–Crippen LogP) is 1.53. The van der Waals surface area contributed by atoms with Crippen molar-refractivity contribution in [2.24, 2.45) is 0 Å². The molecule has 0 atom stereocenters. The smallest absolute Gasteiger partial charge is 0.398 e. The average molecular weight is 280 g/mol. The van der Waals surface area contributed by atoms with Crippen molar-refractivity contribution in [1.29, 1.82) is 0 Å². The molecular weight excluding hydrogens is 255 g/mol. The van der Waals surface area contributed by atoms with Crippen LogP contribution in [0.3, 0.4) is 0 Å². The van der Waals surface area contributed by atoms with Crippen molar-refractivity contribution in [1.82, 2.24) is 9.55 Å². The van der Waals surface area contributed by atoms with Gasteiger partial charge in [0.2, 0.25) is 0 Å². The maximum Gasteiger partial charge on any atom is 0.516 e. The number of hydrogen-bond donors (Lipinski definition) is 0. The lowest BCUT2D eigenvalue weighted by Gasteiger charge is -2.32. The fourth-order valence-electron chi connectivity index (χ4n) is 2.46. The molecule has 3 heterocycles. The SMILES string of the molecule is [2H]c1nc(B2OC(C)(C)C(C)(C)O2)c([2H])n1C1CCOCC1. The first-order chi connectivity index (χ1) is 10.2. The van der Waals surface area contributed by atoms with E-state index in [1.165, 1.54) is 0 Å². The summed E-state index contributed by atoms with van der Waals surface area (Å²) in [5.41, 5.74) is -0.557. The first-order valence-electron chi connectivity index (χ1n) is 8.21. The van der Waals surface area contributed by atoms with Crippen molar-refractivity contribution in [3.63, 3.8) is 0 Å². The van der Waals surface area contributed by atoms with Crippen molar-refractivity contribution < 1.29 is 16.8 Å². The van der Waals surface area contributed by atoms with Crippen LogP contribution in [0.15, 0.2) is 12.5 Å². The third-order valence-electron chi connectivity index (χ3n) is 4.55. The third kappa shape index (κ3) is 2.40. The normalized spacial score (nSPS) is 27.5. The number of aromatic nitrogens is 2. The molecule has 0 amide bonds. The highest BCUT2D eigenvalue weighted by Gasteiger charge is 2.52. The summed E-state index contributed by atoms with van der Waals surface area (Å²) in [7, 11) is -0.692. The summed E-state index contributed by atoms with van der Waals surface area (Å²) in [6.45, 7) is 9.18. The molecule has 1 aromatic heterocycles. The van der Waals surface area contributed by atoms with Gasteiger partial charge in [0.25, 0.3) is 0 Å². The number of imidazole rings is 1. The van der Waals surface area contributed by atoms with Crippen LogP contribution in [0.2, 0.25) is 0 Å². The molecule has 0 spiro atoms. The van der Waals surface area contributed by atoms with E-state index in [1.54, 1.807) is 4.57 Å². The van der Waals surface area contributed by atoms with Gasteiger partial charge in [0.1, 0.15) is 1.37 Å². The minimum Gasteiger partial charge on any atom is -0.398 e. The molecular formula is C14H23BN2O3. The van der Waals surface area contributed by atoms with Gasteiger partial charge in [-0.2, -0.15) is 0 Å². The van der Waals surface area contributed by atoms with Crippen molar-refractivity contribution in [2.75, 3.05) is 13.2 Å². The maximum absolute atomic E-state index is 8.41. The Labute approximate surface area is 123 Å². The fraction of sp³-hybridized carbons (Fsp3) is 0.786. The van der Waals surface area contributed by atoms with E-state index in [0.29, 0.717) is 18.8 Å². The summed E-state index contributed by atoms with van der Waals surface area (Å²) in [5, 5.41) is 0. The van der Waals surface area contributed by atoms with Gasteiger partial charge in [-0.3, -0.25) is 0 Å². The van der Waals surface area contributed by atoms with Gasteiger partial charge in [-0.1, -0.05) is 0 Å². The molecule has 20 heavy (non-hydrogen) atoms. The fourth-order valence-corrected chi connectivity index (χ4v) is 2.46. The van der Waals surface area contributed by atoms with E-state index < -0.39 is 18.3 Å². The molecule has 2 aliphatic rings. The monoisotopic (exact) mass is 280 g/mol. The Morgan fingerprint density at radius 1 is 1.25 bits per heavy atom. The van der Waals surface area contributed by atoms with Crippen LogP contribution in [0.25, 0.3) is 0 Å². The van der Waals surface area contributed by atoms with Gasteiger partial charge in [0.05, 0.1) is 24.5 Å². The molecule has 2 aliphatic heterocycles. The van der Waals surface area contributed by atoms with Gasteiger partial charge in [0.15, 0.2) is 0 Å². The Bertz CT molecular complexity index is 555. The zero-order chi connectivity index (χ0) is 16.1. The Morgan fingerprint density at radius 2 is 1.85 bits per heavy atom. The first kappa shape index (κ1) is 11.8. The molecule has 2 fully saturated rings. The largest absolute Gasteiger partial charge is 0.516 e. The highest BCUT2D eigenvalue weighted by atomic mass is 16.7. The van der Waals surface area contributed by atoms with E-state index in [1.807, 2.05) is 27.7 Å². The Kier molecular flexibility index (Phi) is 2.86. The third-order valence-corrected chi connectivity index (χ3v) is 4.55. The topological polar surface area (TPSA) is 45.5 Å². The Balaban J connectivity index is 1.90. The molecule has 0 saturated carbocycles. The number of hydrogen-bond acceptors (Lipinski definition) is 4. The minimum absolute atomic E-state index is 0.0948. The molecule has 5 nitrogen and oxygen atoms in total. The zero-order valence-corrected chi connectivity index (χ0v) is 12.6. The molecule has 0 aromatic carbocycles. The van der Waals surface area contributed by atoms with Crippen LogP contribution in [-0.2, 0) is 14.0 Å². The van der Waals surface area contributed by atoms with Crippen molar-refractivity contribution in [3.8, 4) is 0 Å². The second-order valence-electron chi connectivity index (χ2n) is 6.51. The lowest BCUT2D eigenvalue weighted by Crippen LogP contribution is -2.41. The van der Waals surface area contributed by atoms with Gasteiger partial charge in [-0.15, -0.1) is 0 Å². The van der Waals surface area contributed by atoms with Gasteiger partial charge in [-0.05, 0) is 40.5 Å². The minimum atomic E-state index is -0.692. The molecule has 6 heteroatoms. The zero-order valence-electron chi connectivity index (χ0n) is 14.6. The molecule has 1 aromatic rings. The van der Waals surface area contributed by atoms with Crippen LogP contribution in [0.4, 0.5) is 0 Å². The summed E-state index contributed by atoms with van der Waals surface area (Å²) < 4.78 is 35.5. The van der Waals surface area contributed by atoms with Crippen LogP contribution >= 0.6 is 0 Å². The number of ether oxygens (including phenoxy) is 1. The lowest BCUT2D eigenvalue weighted by atomic mass is 9.86. The summed E-state index contributed by atoms with van der Waals surface area (Å²) in [6.07, 6.45) is 1.92. The molecule has 0 bridgehead atoms. The van der Waals surface area contributed by atoms with E-state index in [2.05, 4.69) is 4.98 Å². The van der Waals surface area contributed by atoms with Crippen LogP contribution in [0.1, 0.15) is 49.3 Å². The van der Waals surface area contributed by atoms with Crippen LogP contribution in [-0.4, -0.2) is 41.1 Å². The predicted molar refractivity (Wildman–Crippen MR) is 77.0 cm³/mol. The quantitative estimate of drug-likeness (QED) is 0.771. The second kappa shape index (κ2) is 4.86. The standard InChI is InChI=1S/C14H23BN2O3/c1-13(2)14(3,4)20-15(19-13)12-9-17(10-16-12)11-5-7-18-8-6-11/h9-11H,5-8H2,1-4H3/i9D,10D. The van der Waals surface area contributed by atoms with Crippen molar-refractivity contribution in [3.05, 3.63) is 12.5 Å². The van der Waals surface area contributed by atoms with E-state index in [4.69, 9.17) is 16.8 Å². The van der Waals surface area contributed by atoms with E-state index >= 15 is 0 Å². The summed E-state index contributed by atoms with van der Waals surface area (Å²) in [4.78, 5) is 4.25. The van der Waals surface area contributed by atoms with Crippen LogP contribution in [0.5, 0.6) is 0 Å². The van der Waals surface area contributed by atoms with Gasteiger partial charge < -0.3 is 18.6 Å². The molecule has 2 saturated heterocycles. The van der Waals surface area contributed by atoms with Crippen LogP contribution in [0, 0.1) is 0 Å². The summed E-state index contributed by atoms with van der Waals surface area (Å²) in [6, 6.07) is 0.0948. The molecule has 0 N–H and O–H groups in total. The molecule has 0 radical (unpaired) electrons. The Hall–Kier alpha value is -0.845. The summed E-state index contributed by atoms with van der Waals surface area (Å²) >= 11 is 0. The molecule has 0 unspecified atom stereocenters. The Morgan fingerprint density at radius 3 is 2.45 bits per heavy atom. The average Bonchev–Trinajstić information content (AvgIpc) is 2.84. The highest BCUT2D eigenvalue weighted by molar-refractivity contribution is 6.61. The van der Waals surface area contributed by atoms with Crippen molar-refractivity contribution >= 4 is 12.7 Å². The summed E-state index contributed by atoms with van der Waals surface area (Å²) in [5.74, 6) is 0. The van der Waals surface area contributed by atoms with Crippen molar-refractivity contribution in [2.45, 2.75) is 57.8 Å². The van der Waals surface area contributed by atoms with Gasteiger partial charge in [-0.25, -0.2) is 4.98 Å². The maximum atomic E-state index is 8.41. The molecule has 110 valence electrons.